The minimum Gasteiger partial charge on any atom is -0.468 e. The summed E-state index contributed by atoms with van der Waals surface area (Å²) in [5, 5.41) is 0. The molecule has 3 rings (SSSR count). The average molecular weight is 447 g/mol. The van der Waals surface area contributed by atoms with Crippen molar-refractivity contribution in [2.45, 2.75) is 25.8 Å². The lowest BCUT2D eigenvalue weighted by molar-refractivity contribution is -0.141. The first-order chi connectivity index (χ1) is 13.1. The summed E-state index contributed by atoms with van der Waals surface area (Å²) < 4.78 is 8.39. The number of benzene rings is 2. The Balaban J connectivity index is 1.81. The second-order valence-corrected chi connectivity index (χ2v) is 7.93. The summed E-state index contributed by atoms with van der Waals surface area (Å²) >= 11 is 4.83. The van der Waals surface area contributed by atoms with E-state index >= 15 is 0 Å². The van der Waals surface area contributed by atoms with Crippen LogP contribution in [-0.2, 0) is 27.3 Å². The van der Waals surface area contributed by atoms with Crippen molar-refractivity contribution in [1.29, 1.82) is 0 Å². The maximum absolute atomic E-state index is 12.4. The molecule has 27 heavy (non-hydrogen) atoms. The highest BCUT2D eigenvalue weighted by molar-refractivity contribution is 9.10. The van der Waals surface area contributed by atoms with E-state index in [0.717, 1.165) is 27.5 Å². The van der Waals surface area contributed by atoms with Crippen molar-refractivity contribution in [2.24, 2.45) is 4.99 Å². The number of hydrogen-bond donors (Lipinski definition) is 0. The summed E-state index contributed by atoms with van der Waals surface area (Å²) in [5.74, 6) is -0.564. The minimum atomic E-state index is -0.379. The van der Waals surface area contributed by atoms with Gasteiger partial charge in [0.15, 0.2) is 4.80 Å². The van der Waals surface area contributed by atoms with Crippen LogP contribution in [0.3, 0.4) is 0 Å². The number of nitrogens with zero attached hydrogens (tertiary/aromatic N) is 2. The molecule has 1 heterocycles. The van der Waals surface area contributed by atoms with Gasteiger partial charge >= 0.3 is 5.97 Å². The highest BCUT2D eigenvalue weighted by Gasteiger charge is 2.12. The van der Waals surface area contributed by atoms with Gasteiger partial charge in [-0.2, -0.15) is 4.99 Å². The van der Waals surface area contributed by atoms with Gasteiger partial charge in [-0.3, -0.25) is 9.59 Å². The molecule has 0 bridgehead atoms. The zero-order valence-electron chi connectivity index (χ0n) is 14.9. The monoisotopic (exact) mass is 446 g/mol. The smallest absolute Gasteiger partial charge is 0.325 e. The van der Waals surface area contributed by atoms with Crippen LogP contribution in [-0.4, -0.2) is 23.6 Å². The molecule has 1 amide bonds. The zero-order chi connectivity index (χ0) is 19.2. The Hall–Kier alpha value is -2.25. The first kappa shape index (κ1) is 19.5. The van der Waals surface area contributed by atoms with Crippen LogP contribution in [0, 0.1) is 0 Å². The lowest BCUT2D eigenvalue weighted by Gasteiger charge is -2.03. The molecule has 0 saturated carbocycles. The molecule has 0 atom stereocenters. The summed E-state index contributed by atoms with van der Waals surface area (Å²) in [6.45, 7) is 0.0221. The number of thiazole rings is 1. The van der Waals surface area contributed by atoms with Gasteiger partial charge in [-0.1, -0.05) is 57.6 Å². The second kappa shape index (κ2) is 9.10. The van der Waals surface area contributed by atoms with Crippen molar-refractivity contribution in [1.82, 2.24) is 4.57 Å². The quantitative estimate of drug-likeness (QED) is 0.535. The molecule has 0 saturated heterocycles. The standard InChI is InChI=1S/C20H19BrN2O3S/c1-26-19(25)13-23-16-11-10-15(21)12-17(16)27-20(23)22-18(24)9-5-8-14-6-3-2-4-7-14/h2-4,6-7,10-12H,5,8-9,13H2,1H3. The van der Waals surface area contributed by atoms with Crippen LogP contribution < -0.4 is 4.80 Å². The molecule has 5 nitrogen and oxygen atoms in total. The molecule has 0 aliphatic carbocycles. The van der Waals surface area contributed by atoms with Crippen LogP contribution in [0.4, 0.5) is 0 Å². The van der Waals surface area contributed by atoms with Gasteiger partial charge in [0, 0.05) is 10.9 Å². The SMILES string of the molecule is COC(=O)Cn1c(=NC(=O)CCCc2ccccc2)sc2cc(Br)ccc21. The van der Waals surface area contributed by atoms with Crippen molar-refractivity contribution in [2.75, 3.05) is 7.11 Å². The lowest BCUT2D eigenvalue weighted by Crippen LogP contribution is -2.22. The fourth-order valence-corrected chi connectivity index (χ4v) is 4.33. The third kappa shape index (κ3) is 5.14. The number of esters is 1. The predicted molar refractivity (Wildman–Crippen MR) is 109 cm³/mol. The zero-order valence-corrected chi connectivity index (χ0v) is 17.3. The fraction of sp³-hybridized carbons (Fsp3) is 0.250. The van der Waals surface area contributed by atoms with E-state index in [1.165, 1.54) is 24.0 Å². The Morgan fingerprint density at radius 3 is 2.70 bits per heavy atom. The number of methoxy groups -OCH3 is 1. The van der Waals surface area contributed by atoms with E-state index in [2.05, 4.69) is 33.1 Å². The maximum atomic E-state index is 12.4. The van der Waals surface area contributed by atoms with Crippen LogP contribution in [0.25, 0.3) is 10.2 Å². The molecule has 0 spiro atoms. The molecular weight excluding hydrogens is 428 g/mol. The summed E-state index contributed by atoms with van der Waals surface area (Å²) in [7, 11) is 1.35. The van der Waals surface area contributed by atoms with Crippen LogP contribution >= 0.6 is 27.3 Å². The Labute approximate surface area is 169 Å². The van der Waals surface area contributed by atoms with Crippen LogP contribution in [0.1, 0.15) is 18.4 Å². The maximum Gasteiger partial charge on any atom is 0.325 e. The number of carbonyl (C=O) groups is 2. The molecule has 2 aromatic carbocycles. The first-order valence-electron chi connectivity index (χ1n) is 8.54. The Morgan fingerprint density at radius 2 is 1.96 bits per heavy atom. The van der Waals surface area contributed by atoms with E-state index < -0.39 is 0 Å². The number of carbonyl (C=O) groups excluding carboxylic acids is 2. The molecule has 0 aliphatic heterocycles. The largest absolute Gasteiger partial charge is 0.468 e. The Kier molecular flexibility index (Phi) is 6.58. The minimum absolute atomic E-state index is 0.0221. The van der Waals surface area contributed by atoms with Gasteiger partial charge in [0.1, 0.15) is 6.54 Å². The summed E-state index contributed by atoms with van der Waals surface area (Å²) in [6.07, 6.45) is 1.94. The normalized spacial score (nSPS) is 11.7. The predicted octanol–water partition coefficient (Wildman–Crippen LogP) is 4.09. The molecule has 1 aromatic heterocycles. The molecule has 140 valence electrons. The number of amides is 1. The van der Waals surface area contributed by atoms with Crippen LogP contribution in [0.2, 0.25) is 0 Å². The van der Waals surface area contributed by atoms with E-state index in [-0.39, 0.29) is 18.4 Å². The molecule has 0 fully saturated rings. The molecular formula is C20H19BrN2O3S. The third-order valence-corrected chi connectivity index (χ3v) is 5.61. The fourth-order valence-electron chi connectivity index (χ4n) is 2.73. The van der Waals surface area contributed by atoms with Crippen molar-refractivity contribution in [3.63, 3.8) is 0 Å². The van der Waals surface area contributed by atoms with E-state index in [0.29, 0.717) is 11.2 Å². The number of hydrogen-bond acceptors (Lipinski definition) is 4. The number of ether oxygens (including phenoxy) is 1. The molecule has 3 aromatic rings. The van der Waals surface area contributed by atoms with Crippen molar-refractivity contribution >= 4 is 49.4 Å². The number of rotatable bonds is 6. The van der Waals surface area contributed by atoms with Crippen LogP contribution in [0.15, 0.2) is 58.0 Å². The molecule has 0 aliphatic rings. The topological polar surface area (TPSA) is 60.7 Å². The number of aromatic nitrogens is 1. The van der Waals surface area contributed by atoms with E-state index in [1.54, 1.807) is 4.57 Å². The Bertz CT molecular complexity index is 1020. The van der Waals surface area contributed by atoms with Crippen molar-refractivity contribution < 1.29 is 14.3 Å². The van der Waals surface area contributed by atoms with Gasteiger partial charge in [-0.15, -0.1) is 0 Å². The van der Waals surface area contributed by atoms with Gasteiger partial charge in [-0.05, 0) is 36.6 Å². The van der Waals surface area contributed by atoms with E-state index in [4.69, 9.17) is 4.74 Å². The number of aryl methyl sites for hydroxylation is 1. The summed E-state index contributed by atoms with van der Waals surface area (Å²) in [4.78, 5) is 28.9. The second-order valence-electron chi connectivity index (χ2n) is 6.00. The first-order valence-corrected chi connectivity index (χ1v) is 10.1. The van der Waals surface area contributed by atoms with Crippen LogP contribution in [0.5, 0.6) is 0 Å². The van der Waals surface area contributed by atoms with E-state index in [1.807, 2.05) is 36.4 Å². The number of fused-ring (bicyclic) bond motifs is 1. The number of halogens is 1. The van der Waals surface area contributed by atoms with Crippen molar-refractivity contribution in [3.8, 4) is 0 Å². The molecule has 7 heteroatoms. The van der Waals surface area contributed by atoms with Crippen molar-refractivity contribution in [3.05, 3.63) is 63.4 Å². The summed E-state index contributed by atoms with van der Waals surface area (Å²) in [6, 6.07) is 15.8. The summed E-state index contributed by atoms with van der Waals surface area (Å²) in [5.41, 5.74) is 2.06. The van der Waals surface area contributed by atoms with Gasteiger partial charge < -0.3 is 9.30 Å². The van der Waals surface area contributed by atoms with Gasteiger partial charge in [-0.25, -0.2) is 0 Å². The lowest BCUT2D eigenvalue weighted by atomic mass is 10.1. The average Bonchev–Trinajstić information content (AvgIpc) is 2.98. The molecule has 0 N–H and O–H groups in total. The van der Waals surface area contributed by atoms with Gasteiger partial charge in [0.05, 0.1) is 17.3 Å². The molecule has 0 unspecified atom stereocenters. The molecule has 0 radical (unpaired) electrons. The highest BCUT2D eigenvalue weighted by atomic mass is 79.9. The van der Waals surface area contributed by atoms with Gasteiger partial charge in [0.2, 0.25) is 5.91 Å². The highest BCUT2D eigenvalue weighted by Crippen LogP contribution is 2.22. The van der Waals surface area contributed by atoms with E-state index in [9.17, 15) is 9.59 Å². The van der Waals surface area contributed by atoms with Gasteiger partial charge in [0.25, 0.3) is 0 Å². The third-order valence-electron chi connectivity index (χ3n) is 4.08. The Morgan fingerprint density at radius 1 is 1.19 bits per heavy atom.